The Bertz CT molecular complexity index is 296. The third-order valence-corrected chi connectivity index (χ3v) is 3.46. The molecule has 92 valence electrons. The second-order valence-corrected chi connectivity index (χ2v) is 5.54. The second-order valence-electron chi connectivity index (χ2n) is 4.08. The zero-order valence-electron chi connectivity index (χ0n) is 10.6. The summed E-state index contributed by atoms with van der Waals surface area (Å²) in [7, 11) is 0. The van der Waals surface area contributed by atoms with Gasteiger partial charge in [-0.15, -0.1) is 11.3 Å². The van der Waals surface area contributed by atoms with E-state index in [9.17, 15) is 0 Å². The molecule has 3 heteroatoms. The van der Waals surface area contributed by atoms with Crippen LogP contribution in [-0.2, 0) is 11.3 Å². The van der Waals surface area contributed by atoms with Gasteiger partial charge in [0.25, 0.3) is 0 Å². The van der Waals surface area contributed by atoms with Gasteiger partial charge in [-0.25, -0.2) is 0 Å². The van der Waals surface area contributed by atoms with Gasteiger partial charge in [-0.2, -0.15) is 0 Å². The van der Waals surface area contributed by atoms with E-state index < -0.39 is 0 Å². The fourth-order valence-electron chi connectivity index (χ4n) is 1.63. The van der Waals surface area contributed by atoms with Gasteiger partial charge in [-0.05, 0) is 44.9 Å². The molecular formula is C13H23NOS. The van der Waals surface area contributed by atoms with Crippen LogP contribution in [-0.4, -0.2) is 19.8 Å². The number of aryl methyl sites for hydroxylation is 2. The molecule has 1 rings (SSSR count). The van der Waals surface area contributed by atoms with Crippen LogP contribution in [0.15, 0.2) is 6.07 Å². The summed E-state index contributed by atoms with van der Waals surface area (Å²) in [6.45, 7) is 10.3. The summed E-state index contributed by atoms with van der Waals surface area (Å²) in [4.78, 5) is 2.84. The Balaban J connectivity index is 2.05. The van der Waals surface area contributed by atoms with E-state index in [1.807, 2.05) is 11.3 Å². The average molecular weight is 241 g/mol. The van der Waals surface area contributed by atoms with Crippen LogP contribution in [0.4, 0.5) is 0 Å². The first kappa shape index (κ1) is 13.7. The largest absolute Gasteiger partial charge is 0.381 e. The number of thiophene rings is 1. The summed E-state index contributed by atoms with van der Waals surface area (Å²) < 4.78 is 5.42. The summed E-state index contributed by atoms with van der Waals surface area (Å²) >= 11 is 1.88. The van der Waals surface area contributed by atoms with Crippen molar-refractivity contribution in [2.45, 2.75) is 40.2 Å². The van der Waals surface area contributed by atoms with E-state index in [0.29, 0.717) is 0 Å². The Labute approximate surface area is 103 Å². The van der Waals surface area contributed by atoms with Crippen LogP contribution < -0.4 is 5.32 Å². The third-order valence-electron chi connectivity index (χ3n) is 2.45. The maximum Gasteiger partial charge on any atom is 0.0478 e. The monoisotopic (exact) mass is 241 g/mol. The normalized spacial score (nSPS) is 10.9. The van der Waals surface area contributed by atoms with E-state index in [1.165, 1.54) is 15.3 Å². The topological polar surface area (TPSA) is 21.3 Å². The van der Waals surface area contributed by atoms with Crippen LogP contribution in [0.1, 0.15) is 35.1 Å². The van der Waals surface area contributed by atoms with Crippen molar-refractivity contribution in [1.82, 2.24) is 5.32 Å². The lowest BCUT2D eigenvalue weighted by Crippen LogP contribution is -2.16. The van der Waals surface area contributed by atoms with Crippen molar-refractivity contribution in [2.75, 3.05) is 19.8 Å². The van der Waals surface area contributed by atoms with Gasteiger partial charge in [-0.3, -0.25) is 0 Å². The minimum atomic E-state index is 0.877. The highest BCUT2D eigenvalue weighted by Crippen LogP contribution is 2.19. The van der Waals surface area contributed by atoms with Crippen LogP contribution >= 0.6 is 11.3 Å². The highest BCUT2D eigenvalue weighted by Gasteiger charge is 2.01. The molecule has 0 atom stereocenters. The van der Waals surface area contributed by atoms with Crippen molar-refractivity contribution in [2.24, 2.45) is 0 Å². The zero-order chi connectivity index (χ0) is 11.8. The lowest BCUT2D eigenvalue weighted by Gasteiger charge is -2.05. The second kappa shape index (κ2) is 7.82. The molecule has 0 unspecified atom stereocenters. The number of rotatable bonds is 8. The Kier molecular flexibility index (Phi) is 6.69. The Morgan fingerprint density at radius 3 is 2.75 bits per heavy atom. The van der Waals surface area contributed by atoms with E-state index in [4.69, 9.17) is 4.74 Å². The van der Waals surface area contributed by atoms with Crippen molar-refractivity contribution >= 4 is 11.3 Å². The van der Waals surface area contributed by atoms with Crippen molar-refractivity contribution in [3.8, 4) is 0 Å². The van der Waals surface area contributed by atoms with Crippen LogP contribution in [0.25, 0.3) is 0 Å². The van der Waals surface area contributed by atoms with Gasteiger partial charge in [-0.1, -0.05) is 6.92 Å². The van der Waals surface area contributed by atoms with Gasteiger partial charge in [0, 0.05) is 29.5 Å². The Morgan fingerprint density at radius 2 is 2.12 bits per heavy atom. The minimum absolute atomic E-state index is 0.877. The first-order chi connectivity index (χ1) is 7.74. The first-order valence-corrected chi connectivity index (χ1v) is 6.90. The molecule has 1 N–H and O–H groups in total. The van der Waals surface area contributed by atoms with Crippen LogP contribution in [0.2, 0.25) is 0 Å². The summed E-state index contributed by atoms with van der Waals surface area (Å²) in [6.07, 6.45) is 2.21. The van der Waals surface area contributed by atoms with E-state index in [1.54, 1.807) is 0 Å². The quantitative estimate of drug-likeness (QED) is 0.705. The van der Waals surface area contributed by atoms with Gasteiger partial charge in [0.2, 0.25) is 0 Å². The average Bonchev–Trinajstić information content (AvgIpc) is 2.56. The molecule has 2 nitrogen and oxygen atoms in total. The van der Waals surface area contributed by atoms with Gasteiger partial charge in [0.15, 0.2) is 0 Å². The summed E-state index contributed by atoms with van der Waals surface area (Å²) in [5.41, 5.74) is 1.44. The summed E-state index contributed by atoms with van der Waals surface area (Å²) in [6, 6.07) is 2.28. The Hall–Kier alpha value is -0.380. The molecule has 0 aromatic carbocycles. The molecule has 0 spiro atoms. The summed E-state index contributed by atoms with van der Waals surface area (Å²) in [5, 5.41) is 3.46. The van der Waals surface area contributed by atoms with Crippen molar-refractivity contribution in [3.63, 3.8) is 0 Å². The predicted molar refractivity (Wildman–Crippen MR) is 71.2 cm³/mol. The molecule has 0 aliphatic heterocycles. The molecule has 0 bridgehead atoms. The molecule has 0 saturated heterocycles. The maximum absolute atomic E-state index is 5.42. The molecule has 0 aliphatic rings. The molecule has 0 saturated carbocycles. The fraction of sp³-hybridized carbons (Fsp3) is 0.692. The standard InChI is InChI=1S/C13H23NOS/c1-4-7-15-8-5-6-14-10-13-9-11(2)16-12(13)3/h9,14H,4-8,10H2,1-3H3. The Morgan fingerprint density at radius 1 is 1.31 bits per heavy atom. The molecule has 1 heterocycles. The predicted octanol–water partition coefficient (Wildman–Crippen LogP) is 3.27. The van der Waals surface area contributed by atoms with Crippen LogP contribution in [0.3, 0.4) is 0 Å². The minimum Gasteiger partial charge on any atom is -0.381 e. The first-order valence-electron chi connectivity index (χ1n) is 6.08. The van der Waals surface area contributed by atoms with E-state index in [-0.39, 0.29) is 0 Å². The lowest BCUT2D eigenvalue weighted by atomic mass is 10.2. The molecule has 0 radical (unpaired) electrons. The number of ether oxygens (including phenoxy) is 1. The molecule has 0 aliphatic carbocycles. The van der Waals surface area contributed by atoms with E-state index in [2.05, 4.69) is 32.2 Å². The van der Waals surface area contributed by atoms with Gasteiger partial charge >= 0.3 is 0 Å². The number of nitrogens with one attached hydrogen (secondary N) is 1. The van der Waals surface area contributed by atoms with E-state index in [0.717, 1.165) is 39.1 Å². The fourth-order valence-corrected chi connectivity index (χ4v) is 2.57. The smallest absolute Gasteiger partial charge is 0.0478 e. The maximum atomic E-state index is 5.42. The molecule has 0 amide bonds. The lowest BCUT2D eigenvalue weighted by molar-refractivity contribution is 0.132. The molecule has 1 aromatic rings. The van der Waals surface area contributed by atoms with Gasteiger partial charge < -0.3 is 10.1 Å². The zero-order valence-corrected chi connectivity index (χ0v) is 11.5. The van der Waals surface area contributed by atoms with Crippen LogP contribution in [0.5, 0.6) is 0 Å². The highest BCUT2D eigenvalue weighted by atomic mass is 32.1. The van der Waals surface area contributed by atoms with Gasteiger partial charge in [0.1, 0.15) is 0 Å². The number of hydrogen-bond acceptors (Lipinski definition) is 3. The third kappa shape index (κ3) is 5.10. The SMILES string of the molecule is CCCOCCCNCc1cc(C)sc1C. The van der Waals surface area contributed by atoms with Crippen molar-refractivity contribution in [1.29, 1.82) is 0 Å². The molecule has 16 heavy (non-hydrogen) atoms. The van der Waals surface area contributed by atoms with E-state index >= 15 is 0 Å². The molecule has 1 aromatic heterocycles. The highest BCUT2D eigenvalue weighted by molar-refractivity contribution is 7.12. The summed E-state index contributed by atoms with van der Waals surface area (Å²) in [5.74, 6) is 0. The van der Waals surface area contributed by atoms with Crippen LogP contribution in [0, 0.1) is 13.8 Å². The molecule has 0 fully saturated rings. The number of hydrogen-bond donors (Lipinski definition) is 1. The van der Waals surface area contributed by atoms with Crippen molar-refractivity contribution in [3.05, 3.63) is 21.4 Å². The molecular weight excluding hydrogens is 218 g/mol. The van der Waals surface area contributed by atoms with Gasteiger partial charge in [0.05, 0.1) is 0 Å². The van der Waals surface area contributed by atoms with Crippen molar-refractivity contribution < 1.29 is 4.74 Å².